The fourth-order valence-electron chi connectivity index (χ4n) is 1.74. The Hall–Kier alpha value is -1.14. The lowest BCUT2D eigenvalue weighted by Crippen LogP contribution is -2.45. The van der Waals surface area contributed by atoms with E-state index in [-0.39, 0.29) is 25.0 Å². The van der Waals surface area contributed by atoms with Crippen LogP contribution in [-0.2, 0) is 14.3 Å². The summed E-state index contributed by atoms with van der Waals surface area (Å²) in [7, 11) is 1.58. The average molecular weight is 259 g/mol. The van der Waals surface area contributed by atoms with Crippen LogP contribution in [0.3, 0.4) is 0 Å². The highest BCUT2D eigenvalue weighted by atomic mass is 16.5. The summed E-state index contributed by atoms with van der Waals surface area (Å²) in [6, 6.07) is -0.0445. The van der Waals surface area contributed by atoms with Gasteiger partial charge in [0.15, 0.2) is 0 Å². The van der Waals surface area contributed by atoms with Crippen LogP contribution < -0.4 is 11.1 Å². The molecule has 6 heteroatoms. The molecule has 0 aliphatic heterocycles. The monoisotopic (exact) mass is 259 g/mol. The van der Waals surface area contributed by atoms with Crippen molar-refractivity contribution < 1.29 is 14.3 Å². The molecule has 2 amide bonds. The number of nitrogens with one attached hydrogen (secondary N) is 1. The number of nitrogens with zero attached hydrogens (tertiary/aromatic N) is 1. The minimum Gasteiger partial charge on any atom is -0.383 e. The molecule has 18 heavy (non-hydrogen) atoms. The fourth-order valence-corrected chi connectivity index (χ4v) is 1.74. The lowest BCUT2D eigenvalue weighted by atomic mass is 10.2. The van der Waals surface area contributed by atoms with Crippen LogP contribution in [0.4, 0.5) is 0 Å². The van der Waals surface area contributed by atoms with E-state index in [0.717, 1.165) is 0 Å². The lowest BCUT2D eigenvalue weighted by Gasteiger charge is -2.23. The minimum atomic E-state index is -0.423. The Morgan fingerprint density at radius 1 is 1.28 bits per heavy atom. The van der Waals surface area contributed by atoms with Crippen LogP contribution in [0.5, 0.6) is 0 Å². The Balaban J connectivity index is 4.20. The smallest absolute Gasteiger partial charge is 0.234 e. The van der Waals surface area contributed by atoms with E-state index >= 15 is 0 Å². The van der Waals surface area contributed by atoms with Crippen molar-refractivity contribution in [3.63, 3.8) is 0 Å². The second kappa shape index (κ2) is 8.88. The van der Waals surface area contributed by atoms with Crippen molar-refractivity contribution in [2.45, 2.75) is 26.8 Å². The second-order valence-electron chi connectivity index (χ2n) is 4.95. The van der Waals surface area contributed by atoms with Crippen molar-refractivity contribution in [1.82, 2.24) is 10.2 Å². The predicted molar refractivity (Wildman–Crippen MR) is 70.0 cm³/mol. The standard InChI is InChI=1S/C12H25N3O3/c1-9(2)5-15(6-11(13)16)7-12(17)14-10(3)8-18-4/h9-10H,5-8H2,1-4H3,(H2,13,16)(H,14,17). The molecule has 1 atom stereocenters. The van der Waals surface area contributed by atoms with Crippen LogP contribution in [0, 0.1) is 5.92 Å². The van der Waals surface area contributed by atoms with E-state index in [9.17, 15) is 9.59 Å². The van der Waals surface area contributed by atoms with Crippen LogP contribution in [0.15, 0.2) is 0 Å². The molecular formula is C12H25N3O3. The van der Waals surface area contributed by atoms with Gasteiger partial charge in [-0.2, -0.15) is 0 Å². The Kier molecular flexibility index (Phi) is 8.32. The number of hydrogen-bond acceptors (Lipinski definition) is 4. The number of carbonyl (C=O) groups excluding carboxylic acids is 2. The average Bonchev–Trinajstić information content (AvgIpc) is 2.14. The van der Waals surface area contributed by atoms with Gasteiger partial charge in [0, 0.05) is 19.7 Å². The van der Waals surface area contributed by atoms with Gasteiger partial charge >= 0.3 is 0 Å². The number of primary amides is 1. The summed E-state index contributed by atoms with van der Waals surface area (Å²) in [6.45, 7) is 7.32. The van der Waals surface area contributed by atoms with Crippen molar-refractivity contribution >= 4 is 11.8 Å². The molecule has 1 unspecified atom stereocenters. The van der Waals surface area contributed by atoms with Crippen molar-refractivity contribution in [1.29, 1.82) is 0 Å². The quantitative estimate of drug-likeness (QED) is 0.589. The zero-order valence-electron chi connectivity index (χ0n) is 11.7. The Morgan fingerprint density at radius 2 is 1.89 bits per heavy atom. The molecule has 0 saturated carbocycles. The SMILES string of the molecule is COCC(C)NC(=O)CN(CC(N)=O)CC(C)C. The summed E-state index contributed by atoms with van der Waals surface area (Å²) in [5.41, 5.74) is 5.16. The van der Waals surface area contributed by atoms with Crippen molar-refractivity contribution in [3.8, 4) is 0 Å². The number of amides is 2. The molecule has 6 nitrogen and oxygen atoms in total. The van der Waals surface area contributed by atoms with E-state index in [1.54, 1.807) is 12.0 Å². The van der Waals surface area contributed by atoms with Gasteiger partial charge in [-0.15, -0.1) is 0 Å². The zero-order chi connectivity index (χ0) is 14.1. The number of hydrogen-bond donors (Lipinski definition) is 2. The van der Waals surface area contributed by atoms with E-state index in [1.165, 1.54) is 0 Å². The molecule has 0 aliphatic carbocycles. The largest absolute Gasteiger partial charge is 0.383 e. The van der Waals surface area contributed by atoms with Gasteiger partial charge in [0.25, 0.3) is 0 Å². The van der Waals surface area contributed by atoms with Gasteiger partial charge in [-0.25, -0.2) is 0 Å². The van der Waals surface area contributed by atoms with Gasteiger partial charge in [-0.3, -0.25) is 14.5 Å². The maximum atomic E-state index is 11.7. The second-order valence-corrected chi connectivity index (χ2v) is 4.95. The molecule has 0 rings (SSSR count). The first kappa shape index (κ1) is 16.9. The highest BCUT2D eigenvalue weighted by Crippen LogP contribution is 1.98. The normalized spacial score (nSPS) is 12.8. The molecule has 0 radical (unpaired) electrons. The summed E-state index contributed by atoms with van der Waals surface area (Å²) in [5, 5.41) is 2.80. The first-order valence-electron chi connectivity index (χ1n) is 6.14. The van der Waals surface area contributed by atoms with Crippen molar-refractivity contribution in [2.24, 2.45) is 11.7 Å². The Labute approximate surface area is 109 Å². The summed E-state index contributed by atoms with van der Waals surface area (Å²) in [4.78, 5) is 24.4. The van der Waals surface area contributed by atoms with Gasteiger partial charge in [-0.05, 0) is 12.8 Å². The summed E-state index contributed by atoms with van der Waals surface area (Å²) < 4.78 is 4.94. The van der Waals surface area contributed by atoms with E-state index in [2.05, 4.69) is 5.32 Å². The molecule has 3 N–H and O–H groups in total. The molecule has 0 aromatic rings. The van der Waals surface area contributed by atoms with Crippen molar-refractivity contribution in [2.75, 3.05) is 33.4 Å². The van der Waals surface area contributed by atoms with Gasteiger partial charge < -0.3 is 15.8 Å². The third-order valence-electron chi connectivity index (χ3n) is 2.19. The third kappa shape index (κ3) is 8.95. The number of ether oxygens (including phenoxy) is 1. The first-order valence-corrected chi connectivity index (χ1v) is 6.14. The van der Waals surface area contributed by atoms with Gasteiger partial charge in [0.1, 0.15) is 0 Å². The molecule has 106 valence electrons. The Morgan fingerprint density at radius 3 is 2.33 bits per heavy atom. The predicted octanol–water partition coefficient (Wildman–Crippen LogP) is -0.419. The summed E-state index contributed by atoms with van der Waals surface area (Å²) >= 11 is 0. The topological polar surface area (TPSA) is 84.7 Å². The Bertz CT molecular complexity index is 269. The van der Waals surface area contributed by atoms with Crippen LogP contribution >= 0.6 is 0 Å². The van der Waals surface area contributed by atoms with Gasteiger partial charge in [0.2, 0.25) is 11.8 Å². The fraction of sp³-hybridized carbons (Fsp3) is 0.833. The van der Waals surface area contributed by atoms with Gasteiger partial charge in [-0.1, -0.05) is 13.8 Å². The minimum absolute atomic E-state index is 0.0445. The summed E-state index contributed by atoms with van der Waals surface area (Å²) in [6.07, 6.45) is 0. The van der Waals surface area contributed by atoms with Crippen LogP contribution in [0.1, 0.15) is 20.8 Å². The molecule has 0 fully saturated rings. The number of nitrogens with two attached hydrogens (primary N) is 1. The van der Waals surface area contributed by atoms with Crippen LogP contribution in [0.2, 0.25) is 0 Å². The molecule has 0 aromatic heterocycles. The zero-order valence-corrected chi connectivity index (χ0v) is 11.7. The number of methoxy groups -OCH3 is 1. The van der Waals surface area contributed by atoms with E-state index in [1.807, 2.05) is 20.8 Å². The highest BCUT2D eigenvalue weighted by Gasteiger charge is 2.15. The molecule has 0 saturated heterocycles. The molecule has 0 spiro atoms. The van der Waals surface area contributed by atoms with Crippen molar-refractivity contribution in [3.05, 3.63) is 0 Å². The third-order valence-corrected chi connectivity index (χ3v) is 2.19. The molecule has 0 heterocycles. The lowest BCUT2D eigenvalue weighted by molar-refractivity contribution is -0.124. The molecular weight excluding hydrogens is 234 g/mol. The molecule has 0 aliphatic rings. The molecule has 0 bridgehead atoms. The van der Waals surface area contributed by atoms with Crippen LogP contribution in [0.25, 0.3) is 0 Å². The molecule has 0 aromatic carbocycles. The first-order chi connectivity index (χ1) is 8.35. The van der Waals surface area contributed by atoms with E-state index in [0.29, 0.717) is 19.1 Å². The number of rotatable bonds is 9. The maximum Gasteiger partial charge on any atom is 0.234 e. The maximum absolute atomic E-state index is 11.7. The van der Waals surface area contributed by atoms with Gasteiger partial charge in [0.05, 0.1) is 19.7 Å². The van der Waals surface area contributed by atoms with E-state index < -0.39 is 5.91 Å². The summed E-state index contributed by atoms with van der Waals surface area (Å²) in [5.74, 6) is -0.177. The highest BCUT2D eigenvalue weighted by molar-refractivity contribution is 5.80. The number of carbonyl (C=O) groups is 2. The van der Waals surface area contributed by atoms with E-state index in [4.69, 9.17) is 10.5 Å². The van der Waals surface area contributed by atoms with Crippen LogP contribution in [-0.4, -0.2) is 56.1 Å².